The zero-order valence-corrected chi connectivity index (χ0v) is 28.4. The third-order valence-electron chi connectivity index (χ3n) is 9.81. The summed E-state index contributed by atoms with van der Waals surface area (Å²) in [6, 6.07) is 6.88. The minimum absolute atomic E-state index is 0.0171. The van der Waals surface area contributed by atoms with E-state index in [1.807, 2.05) is 41.0 Å². The van der Waals surface area contributed by atoms with Crippen LogP contribution in [-0.4, -0.2) is 87.6 Å². The molecule has 9 heteroatoms. The molecule has 0 saturated carbocycles. The van der Waals surface area contributed by atoms with E-state index in [1.54, 1.807) is 28.8 Å². The van der Waals surface area contributed by atoms with Crippen LogP contribution in [0.25, 0.3) is 0 Å². The number of unbranched alkanes of at least 4 members (excludes halogenated alkanes) is 5. The van der Waals surface area contributed by atoms with Gasteiger partial charge in [0.1, 0.15) is 11.8 Å². The number of carbonyl (C=O) groups is 3. The molecule has 4 rings (SSSR count). The fourth-order valence-electron chi connectivity index (χ4n) is 7.75. The van der Waals surface area contributed by atoms with Crippen LogP contribution in [0.5, 0.6) is 5.75 Å². The third kappa shape index (κ3) is 6.99. The zero-order valence-electron chi connectivity index (χ0n) is 27.5. The molecule has 5 atom stereocenters. The van der Waals surface area contributed by atoms with Gasteiger partial charge in [-0.1, -0.05) is 44.8 Å². The Morgan fingerprint density at radius 2 is 1.73 bits per heavy atom. The molecule has 3 fully saturated rings. The first-order chi connectivity index (χ1) is 21.7. The molecule has 1 aromatic rings. The van der Waals surface area contributed by atoms with Gasteiger partial charge in [-0.05, 0) is 70.2 Å². The highest BCUT2D eigenvalue weighted by Crippen LogP contribution is 2.71. The molecule has 1 aromatic carbocycles. The van der Waals surface area contributed by atoms with Gasteiger partial charge in [0.25, 0.3) is 0 Å². The Kier molecular flexibility index (Phi) is 12.2. The van der Waals surface area contributed by atoms with Crippen LogP contribution >= 0.6 is 11.8 Å². The summed E-state index contributed by atoms with van der Waals surface area (Å²) in [6.45, 7) is 16.6. The lowest BCUT2D eigenvalue weighted by atomic mass is 9.66. The average Bonchev–Trinajstić information content (AvgIpc) is 3.60. The van der Waals surface area contributed by atoms with Crippen LogP contribution in [0.15, 0.2) is 49.6 Å². The number of aliphatic hydroxyl groups excluding tert-OH is 1. The van der Waals surface area contributed by atoms with Gasteiger partial charge in [0.15, 0.2) is 0 Å². The normalized spacial score (nSPS) is 26.5. The van der Waals surface area contributed by atoms with E-state index in [-0.39, 0.29) is 24.3 Å². The summed E-state index contributed by atoms with van der Waals surface area (Å²) < 4.78 is 4.51. The standard InChI is InChI=1S/C36H53N3O5S/c1-6-10-13-24-37(22-7-2)34(43)31-36-21-20-35(5,45-36)29(30(36)33(42)39(31)25-14-11-12-15-26-40)32(41)38(23-8-3)27-16-18-28(19-17-27)44-9-4/h7-8,16-19,29-31,40H,2-3,6,9-15,20-26H2,1,4-5H3/t29-,30+,31?,35+,36?/m1/s1. The molecule has 45 heavy (non-hydrogen) atoms. The number of thioether (sulfide) groups is 1. The number of aliphatic hydroxyl groups is 1. The molecule has 0 radical (unpaired) electrons. The summed E-state index contributed by atoms with van der Waals surface area (Å²) in [7, 11) is 0. The lowest BCUT2D eigenvalue weighted by Gasteiger charge is -2.38. The van der Waals surface area contributed by atoms with Crippen molar-refractivity contribution in [1.29, 1.82) is 0 Å². The van der Waals surface area contributed by atoms with Crippen LogP contribution in [0.2, 0.25) is 0 Å². The van der Waals surface area contributed by atoms with E-state index in [2.05, 4.69) is 27.0 Å². The molecule has 2 unspecified atom stereocenters. The highest BCUT2D eigenvalue weighted by Gasteiger charge is 2.77. The smallest absolute Gasteiger partial charge is 0.247 e. The molecule has 3 aliphatic rings. The molecule has 3 aliphatic heterocycles. The molecule has 1 N–H and O–H groups in total. The Morgan fingerprint density at radius 3 is 2.38 bits per heavy atom. The molecule has 248 valence electrons. The van der Waals surface area contributed by atoms with Gasteiger partial charge in [0.2, 0.25) is 17.7 Å². The number of benzene rings is 1. The summed E-state index contributed by atoms with van der Waals surface area (Å²) in [5.74, 6) is -0.567. The first-order valence-corrected chi connectivity index (χ1v) is 17.7. The lowest BCUT2D eigenvalue weighted by molar-refractivity contribution is -0.143. The molecule has 0 aliphatic carbocycles. The number of hydrogen-bond acceptors (Lipinski definition) is 6. The first-order valence-electron chi connectivity index (χ1n) is 16.9. The van der Waals surface area contributed by atoms with Crippen molar-refractivity contribution in [2.24, 2.45) is 11.8 Å². The molecule has 2 bridgehead atoms. The van der Waals surface area contributed by atoms with Gasteiger partial charge in [-0.25, -0.2) is 0 Å². The van der Waals surface area contributed by atoms with Crippen molar-refractivity contribution in [3.05, 3.63) is 49.6 Å². The Hall–Kier alpha value is -2.78. The van der Waals surface area contributed by atoms with Gasteiger partial charge < -0.3 is 24.5 Å². The predicted octanol–water partition coefficient (Wildman–Crippen LogP) is 5.84. The summed E-state index contributed by atoms with van der Waals surface area (Å²) in [5, 5.41) is 9.25. The minimum Gasteiger partial charge on any atom is -0.494 e. The van der Waals surface area contributed by atoms with Crippen LogP contribution in [0.3, 0.4) is 0 Å². The molecule has 0 aromatic heterocycles. The van der Waals surface area contributed by atoms with Gasteiger partial charge in [-0.2, -0.15) is 0 Å². The Bertz CT molecular complexity index is 1210. The van der Waals surface area contributed by atoms with Crippen molar-refractivity contribution in [3.8, 4) is 5.75 Å². The monoisotopic (exact) mass is 639 g/mol. The van der Waals surface area contributed by atoms with Gasteiger partial charge in [-0.15, -0.1) is 24.9 Å². The average molecular weight is 640 g/mol. The summed E-state index contributed by atoms with van der Waals surface area (Å²) in [6.07, 6.45) is 11.2. The highest BCUT2D eigenvalue weighted by atomic mass is 32.2. The topological polar surface area (TPSA) is 90.4 Å². The Labute approximate surface area is 274 Å². The SMILES string of the molecule is C=CCN(CCCCC)C(=O)C1N(CCCCCCO)C(=O)[C@@H]2[C@H](C(=O)N(CC=C)c3ccc(OCC)cc3)[C@]3(C)CCC12S3. The fraction of sp³-hybridized carbons (Fsp3) is 0.639. The quantitative estimate of drug-likeness (QED) is 0.151. The number of amides is 3. The van der Waals surface area contributed by atoms with Crippen molar-refractivity contribution in [3.63, 3.8) is 0 Å². The second-order valence-corrected chi connectivity index (χ2v) is 14.7. The Morgan fingerprint density at radius 1 is 1.02 bits per heavy atom. The van der Waals surface area contributed by atoms with E-state index in [0.717, 1.165) is 69.2 Å². The number of ether oxygens (including phenoxy) is 1. The van der Waals surface area contributed by atoms with Crippen molar-refractivity contribution in [1.82, 2.24) is 9.80 Å². The second kappa shape index (κ2) is 15.7. The van der Waals surface area contributed by atoms with E-state index in [9.17, 15) is 19.5 Å². The van der Waals surface area contributed by atoms with Crippen molar-refractivity contribution >= 4 is 35.2 Å². The first kappa shape index (κ1) is 35.1. The molecule has 1 spiro atoms. The largest absolute Gasteiger partial charge is 0.494 e. The van der Waals surface area contributed by atoms with E-state index >= 15 is 0 Å². The summed E-state index contributed by atoms with van der Waals surface area (Å²) >= 11 is 1.72. The molecular weight excluding hydrogens is 586 g/mol. The molecule has 3 amide bonds. The van der Waals surface area contributed by atoms with Crippen molar-refractivity contribution in [2.75, 3.05) is 44.3 Å². The summed E-state index contributed by atoms with van der Waals surface area (Å²) in [5.41, 5.74) is 0.737. The van der Waals surface area contributed by atoms with Crippen LogP contribution in [0.1, 0.15) is 78.6 Å². The number of anilines is 1. The van der Waals surface area contributed by atoms with Crippen molar-refractivity contribution < 1.29 is 24.2 Å². The molecule has 3 saturated heterocycles. The van der Waals surface area contributed by atoms with Crippen LogP contribution in [-0.2, 0) is 14.4 Å². The maximum atomic E-state index is 14.7. The molecule has 8 nitrogen and oxygen atoms in total. The van der Waals surface area contributed by atoms with E-state index in [0.29, 0.717) is 32.8 Å². The van der Waals surface area contributed by atoms with Gasteiger partial charge in [0.05, 0.1) is 23.2 Å². The second-order valence-electron chi connectivity index (χ2n) is 12.8. The van der Waals surface area contributed by atoms with Crippen LogP contribution in [0, 0.1) is 11.8 Å². The van der Waals surface area contributed by atoms with Crippen LogP contribution < -0.4 is 9.64 Å². The maximum Gasteiger partial charge on any atom is 0.247 e. The number of carbonyl (C=O) groups excluding carboxylic acids is 3. The molecule has 3 heterocycles. The Balaban J connectivity index is 1.71. The number of hydrogen-bond donors (Lipinski definition) is 1. The fourth-order valence-corrected chi connectivity index (χ4v) is 10.1. The van der Waals surface area contributed by atoms with E-state index < -0.39 is 27.4 Å². The minimum atomic E-state index is -0.656. The number of nitrogens with zero attached hydrogens (tertiary/aromatic N) is 3. The number of likely N-dealkylation sites (tertiary alicyclic amines) is 1. The van der Waals surface area contributed by atoms with Gasteiger partial charge in [0, 0.05) is 43.2 Å². The molecular formula is C36H53N3O5S. The number of rotatable bonds is 19. The van der Waals surface area contributed by atoms with Crippen LogP contribution in [0.4, 0.5) is 5.69 Å². The van der Waals surface area contributed by atoms with Gasteiger partial charge in [-0.3, -0.25) is 14.4 Å². The predicted molar refractivity (Wildman–Crippen MR) is 182 cm³/mol. The van der Waals surface area contributed by atoms with E-state index in [1.165, 1.54) is 0 Å². The highest BCUT2D eigenvalue weighted by molar-refractivity contribution is 8.02. The maximum absolute atomic E-state index is 14.7. The number of fused-ring (bicyclic) bond motifs is 1. The third-order valence-corrected chi connectivity index (χ3v) is 11.8. The van der Waals surface area contributed by atoms with E-state index in [4.69, 9.17) is 4.74 Å². The zero-order chi connectivity index (χ0) is 32.6. The summed E-state index contributed by atoms with van der Waals surface area (Å²) in [4.78, 5) is 49.3. The lowest BCUT2D eigenvalue weighted by Crippen LogP contribution is -2.55. The van der Waals surface area contributed by atoms with Gasteiger partial charge >= 0.3 is 0 Å². The van der Waals surface area contributed by atoms with Crippen molar-refractivity contribution in [2.45, 2.75) is 94.1 Å².